The van der Waals surface area contributed by atoms with Gasteiger partial charge in [0.25, 0.3) is 0 Å². The number of carboxylic acid groups (broad SMARTS) is 1. The molecule has 0 aromatic carbocycles. The van der Waals surface area contributed by atoms with Crippen molar-refractivity contribution in [1.82, 2.24) is 4.90 Å². The molecule has 1 atom stereocenters. The minimum Gasteiger partial charge on any atom is -0.480 e. The minimum absolute atomic E-state index is 0.391. The monoisotopic (exact) mass is 269 g/mol. The highest BCUT2D eigenvalue weighted by Gasteiger charge is 2.36. The number of allylic oxidation sites excluding steroid dienone is 1. The molecule has 1 aliphatic heterocycles. The molecule has 1 heterocycles. The quantitative estimate of drug-likeness (QED) is 0.783. The molecular weight excluding hydrogens is 246 g/mol. The van der Waals surface area contributed by atoms with Crippen molar-refractivity contribution in [3.05, 3.63) is 11.6 Å². The van der Waals surface area contributed by atoms with E-state index in [9.17, 15) is 14.7 Å². The molecule has 0 unspecified atom stereocenters. The minimum atomic E-state index is -0.979. The molecule has 1 fully saturated rings. The van der Waals surface area contributed by atoms with Crippen LogP contribution in [0.25, 0.3) is 0 Å². The van der Waals surface area contributed by atoms with Crippen molar-refractivity contribution in [3.8, 4) is 0 Å². The Morgan fingerprint density at radius 2 is 2.11 bits per heavy atom. The lowest BCUT2D eigenvalue weighted by molar-refractivity contribution is -0.143. The van der Waals surface area contributed by atoms with Crippen LogP contribution in [0.5, 0.6) is 0 Å². The van der Waals surface area contributed by atoms with Gasteiger partial charge in [-0.05, 0) is 40.0 Å². The van der Waals surface area contributed by atoms with Crippen LogP contribution in [0.1, 0.15) is 47.0 Å². The van der Waals surface area contributed by atoms with Gasteiger partial charge in [-0.15, -0.1) is 0 Å². The maximum absolute atomic E-state index is 12.0. The summed E-state index contributed by atoms with van der Waals surface area (Å²) in [6, 6.07) is -0.818. The molecule has 0 aromatic rings. The molecular formula is C14H23NO4. The van der Waals surface area contributed by atoms with Gasteiger partial charge in [0.1, 0.15) is 11.6 Å². The second kappa shape index (κ2) is 6.08. The molecule has 0 bridgehead atoms. The van der Waals surface area contributed by atoms with Crippen LogP contribution in [-0.4, -0.2) is 40.3 Å². The van der Waals surface area contributed by atoms with Crippen LogP contribution in [0.15, 0.2) is 11.6 Å². The molecule has 0 saturated carbocycles. The predicted octanol–water partition coefficient (Wildman–Crippen LogP) is 2.81. The fraction of sp³-hybridized carbons (Fsp3) is 0.714. The number of carboxylic acids is 1. The Morgan fingerprint density at radius 1 is 1.47 bits per heavy atom. The Bertz CT molecular complexity index is 381. The third-order valence-corrected chi connectivity index (χ3v) is 2.91. The average Bonchev–Trinajstić information content (AvgIpc) is 2.26. The molecule has 1 amide bonds. The Kier molecular flexibility index (Phi) is 4.97. The number of aliphatic carboxylic acids is 1. The molecule has 0 aromatic heterocycles. The van der Waals surface area contributed by atoms with Crippen LogP contribution in [0.4, 0.5) is 4.79 Å². The number of amides is 1. The molecule has 5 heteroatoms. The fourth-order valence-electron chi connectivity index (χ4n) is 2.11. The Hall–Kier alpha value is -1.52. The zero-order valence-corrected chi connectivity index (χ0v) is 12.1. The summed E-state index contributed by atoms with van der Waals surface area (Å²) >= 11 is 0. The summed E-state index contributed by atoms with van der Waals surface area (Å²) in [5.41, 5.74) is 0.495. The van der Waals surface area contributed by atoms with Crippen molar-refractivity contribution in [3.63, 3.8) is 0 Å². The van der Waals surface area contributed by atoms with Gasteiger partial charge in [-0.25, -0.2) is 9.59 Å². The molecule has 19 heavy (non-hydrogen) atoms. The van der Waals surface area contributed by atoms with E-state index in [4.69, 9.17) is 4.74 Å². The van der Waals surface area contributed by atoms with Crippen LogP contribution in [-0.2, 0) is 9.53 Å². The number of piperidine rings is 1. The van der Waals surface area contributed by atoms with Gasteiger partial charge in [0.05, 0.1) is 0 Å². The molecule has 1 aliphatic rings. The van der Waals surface area contributed by atoms with Gasteiger partial charge in [-0.2, -0.15) is 0 Å². The van der Waals surface area contributed by atoms with E-state index >= 15 is 0 Å². The van der Waals surface area contributed by atoms with E-state index in [1.54, 1.807) is 20.8 Å². The summed E-state index contributed by atoms with van der Waals surface area (Å²) in [6.07, 6.45) is 3.49. The lowest BCUT2D eigenvalue weighted by Crippen LogP contribution is -2.50. The Labute approximate surface area is 114 Å². The van der Waals surface area contributed by atoms with Gasteiger partial charge < -0.3 is 9.84 Å². The van der Waals surface area contributed by atoms with Crippen LogP contribution in [0.2, 0.25) is 0 Å². The SMILES string of the molecule is CC/C=C1\CCN(C(=O)OC(C)(C)C)[C@H](C(=O)O)C1. The van der Waals surface area contributed by atoms with E-state index in [0.717, 1.165) is 18.4 Å². The second-order valence-corrected chi connectivity index (χ2v) is 5.75. The summed E-state index contributed by atoms with van der Waals surface area (Å²) in [5.74, 6) is -0.979. The lowest BCUT2D eigenvalue weighted by Gasteiger charge is -2.35. The smallest absolute Gasteiger partial charge is 0.411 e. The summed E-state index contributed by atoms with van der Waals surface area (Å²) in [5, 5.41) is 9.27. The zero-order chi connectivity index (χ0) is 14.6. The number of nitrogens with zero attached hydrogens (tertiary/aromatic N) is 1. The van der Waals surface area contributed by atoms with E-state index < -0.39 is 23.7 Å². The highest BCUT2D eigenvalue weighted by molar-refractivity contribution is 5.81. The topological polar surface area (TPSA) is 66.8 Å². The molecule has 108 valence electrons. The molecule has 1 saturated heterocycles. The summed E-state index contributed by atoms with van der Waals surface area (Å²) in [6.45, 7) is 7.73. The van der Waals surface area contributed by atoms with Crippen LogP contribution in [0, 0.1) is 0 Å². The molecule has 1 rings (SSSR count). The molecule has 5 nitrogen and oxygen atoms in total. The first-order valence-electron chi connectivity index (χ1n) is 6.65. The number of carbonyl (C=O) groups excluding carboxylic acids is 1. The standard InChI is InChI=1S/C14H23NO4/c1-5-6-10-7-8-15(11(9-10)12(16)17)13(18)19-14(2,3)4/h6,11H,5,7-9H2,1-4H3,(H,16,17)/b10-6+/t11-/m0/s1. The largest absolute Gasteiger partial charge is 0.480 e. The number of rotatable bonds is 2. The normalized spacial score (nSPS) is 22.4. The first-order chi connectivity index (χ1) is 8.74. The molecule has 0 spiro atoms. The van der Waals surface area contributed by atoms with E-state index in [2.05, 4.69) is 0 Å². The van der Waals surface area contributed by atoms with Crippen molar-refractivity contribution < 1.29 is 19.4 Å². The van der Waals surface area contributed by atoms with Crippen LogP contribution in [0.3, 0.4) is 0 Å². The van der Waals surface area contributed by atoms with Gasteiger partial charge in [-0.1, -0.05) is 18.6 Å². The summed E-state index contributed by atoms with van der Waals surface area (Å²) in [7, 11) is 0. The maximum Gasteiger partial charge on any atom is 0.411 e. The zero-order valence-electron chi connectivity index (χ0n) is 12.1. The Morgan fingerprint density at radius 3 is 2.58 bits per heavy atom. The predicted molar refractivity (Wildman–Crippen MR) is 72.0 cm³/mol. The third kappa shape index (κ3) is 4.58. The summed E-state index contributed by atoms with van der Waals surface area (Å²) in [4.78, 5) is 24.6. The number of likely N-dealkylation sites (tertiary alicyclic amines) is 1. The van der Waals surface area contributed by atoms with Crippen molar-refractivity contribution in [1.29, 1.82) is 0 Å². The Balaban J connectivity index is 2.80. The first kappa shape index (κ1) is 15.5. The van der Waals surface area contributed by atoms with Gasteiger partial charge in [-0.3, -0.25) is 4.90 Å². The van der Waals surface area contributed by atoms with E-state index in [1.165, 1.54) is 4.90 Å². The maximum atomic E-state index is 12.0. The molecule has 0 radical (unpaired) electrons. The van der Waals surface area contributed by atoms with E-state index in [1.807, 2.05) is 13.0 Å². The van der Waals surface area contributed by atoms with E-state index in [-0.39, 0.29) is 0 Å². The van der Waals surface area contributed by atoms with E-state index in [0.29, 0.717) is 13.0 Å². The van der Waals surface area contributed by atoms with Gasteiger partial charge in [0.2, 0.25) is 0 Å². The average molecular weight is 269 g/mol. The highest BCUT2D eigenvalue weighted by atomic mass is 16.6. The van der Waals surface area contributed by atoms with Gasteiger partial charge in [0.15, 0.2) is 0 Å². The molecule has 0 aliphatic carbocycles. The van der Waals surface area contributed by atoms with Crippen molar-refractivity contribution in [2.45, 2.75) is 58.6 Å². The number of carbonyl (C=O) groups is 2. The lowest BCUT2D eigenvalue weighted by atomic mass is 9.96. The van der Waals surface area contributed by atoms with Gasteiger partial charge in [0, 0.05) is 6.54 Å². The number of hydrogen-bond donors (Lipinski definition) is 1. The summed E-state index contributed by atoms with van der Waals surface area (Å²) < 4.78 is 5.26. The second-order valence-electron chi connectivity index (χ2n) is 5.75. The molecule has 1 N–H and O–H groups in total. The van der Waals surface area contributed by atoms with Crippen molar-refractivity contribution in [2.75, 3.05) is 6.54 Å². The number of ether oxygens (including phenoxy) is 1. The number of hydrogen-bond acceptors (Lipinski definition) is 3. The fourth-order valence-corrected chi connectivity index (χ4v) is 2.11. The van der Waals surface area contributed by atoms with Crippen molar-refractivity contribution in [2.24, 2.45) is 0 Å². The van der Waals surface area contributed by atoms with Crippen LogP contribution < -0.4 is 0 Å². The first-order valence-corrected chi connectivity index (χ1v) is 6.65. The highest BCUT2D eigenvalue weighted by Crippen LogP contribution is 2.25. The van der Waals surface area contributed by atoms with Gasteiger partial charge >= 0.3 is 12.1 Å². The van der Waals surface area contributed by atoms with Crippen LogP contribution >= 0.6 is 0 Å². The third-order valence-electron chi connectivity index (χ3n) is 2.91. The van der Waals surface area contributed by atoms with Crippen molar-refractivity contribution >= 4 is 12.1 Å².